The normalized spacial score (nSPS) is 16.2. The SMILES string of the molecule is Cc1cc(NC(=O)NC2(c3cc(C)no3)CCOCC2)c(N(C)C)nn1. The van der Waals surface area contributed by atoms with Gasteiger partial charge in [-0.15, -0.1) is 5.10 Å². The molecule has 0 aliphatic carbocycles. The van der Waals surface area contributed by atoms with Gasteiger partial charge in [-0.3, -0.25) is 0 Å². The van der Waals surface area contributed by atoms with Crippen molar-refractivity contribution >= 4 is 17.5 Å². The summed E-state index contributed by atoms with van der Waals surface area (Å²) in [5.74, 6) is 1.23. The van der Waals surface area contributed by atoms with Gasteiger partial charge < -0.3 is 24.8 Å². The van der Waals surface area contributed by atoms with Crippen molar-refractivity contribution in [2.24, 2.45) is 0 Å². The number of rotatable bonds is 4. The van der Waals surface area contributed by atoms with Crippen LogP contribution in [-0.4, -0.2) is 48.7 Å². The van der Waals surface area contributed by atoms with Crippen LogP contribution in [0.3, 0.4) is 0 Å². The lowest BCUT2D eigenvalue weighted by Crippen LogP contribution is -2.50. The number of amides is 2. The Morgan fingerprint density at radius 3 is 2.50 bits per heavy atom. The number of anilines is 2. The van der Waals surface area contributed by atoms with E-state index in [1.165, 1.54) is 0 Å². The van der Waals surface area contributed by atoms with Crippen molar-refractivity contribution < 1.29 is 14.1 Å². The summed E-state index contributed by atoms with van der Waals surface area (Å²) in [6.45, 7) is 4.76. The molecule has 2 N–H and O–H groups in total. The van der Waals surface area contributed by atoms with Crippen LogP contribution in [0.5, 0.6) is 0 Å². The highest BCUT2D eigenvalue weighted by Gasteiger charge is 2.39. The highest BCUT2D eigenvalue weighted by molar-refractivity contribution is 5.92. The molecule has 0 unspecified atom stereocenters. The maximum absolute atomic E-state index is 12.8. The van der Waals surface area contributed by atoms with Gasteiger partial charge in [-0.1, -0.05) is 5.16 Å². The fourth-order valence-corrected chi connectivity index (χ4v) is 3.02. The first-order valence-corrected chi connectivity index (χ1v) is 8.52. The zero-order valence-electron chi connectivity index (χ0n) is 15.5. The smallest absolute Gasteiger partial charge is 0.320 e. The van der Waals surface area contributed by atoms with E-state index in [1.54, 1.807) is 11.0 Å². The van der Waals surface area contributed by atoms with Crippen molar-refractivity contribution in [1.29, 1.82) is 0 Å². The van der Waals surface area contributed by atoms with Crippen LogP contribution in [0.1, 0.15) is 30.0 Å². The summed E-state index contributed by atoms with van der Waals surface area (Å²) in [6.07, 6.45) is 1.23. The summed E-state index contributed by atoms with van der Waals surface area (Å²) < 4.78 is 10.9. The molecule has 0 saturated carbocycles. The number of hydrogen-bond donors (Lipinski definition) is 2. The second kappa shape index (κ2) is 7.28. The fraction of sp³-hybridized carbons (Fsp3) is 0.529. The van der Waals surface area contributed by atoms with Crippen molar-refractivity contribution in [3.05, 3.63) is 29.3 Å². The lowest BCUT2D eigenvalue weighted by Gasteiger charge is -2.35. The van der Waals surface area contributed by atoms with Crippen LogP contribution < -0.4 is 15.5 Å². The van der Waals surface area contributed by atoms with Crippen molar-refractivity contribution in [3.8, 4) is 0 Å². The van der Waals surface area contributed by atoms with Gasteiger partial charge in [0.05, 0.1) is 17.1 Å². The van der Waals surface area contributed by atoms with Crippen LogP contribution in [0, 0.1) is 13.8 Å². The molecular formula is C17H24N6O3. The van der Waals surface area contributed by atoms with Gasteiger partial charge in [-0.05, 0) is 19.9 Å². The Morgan fingerprint density at radius 2 is 1.88 bits per heavy atom. The van der Waals surface area contributed by atoms with Gasteiger partial charge in [0.2, 0.25) is 0 Å². The predicted octanol–water partition coefficient (Wildman–Crippen LogP) is 1.97. The Bertz CT molecular complexity index is 783. The molecule has 0 atom stereocenters. The van der Waals surface area contributed by atoms with Gasteiger partial charge >= 0.3 is 6.03 Å². The Balaban J connectivity index is 1.82. The molecule has 1 aliphatic heterocycles. The number of aromatic nitrogens is 3. The fourth-order valence-electron chi connectivity index (χ4n) is 3.02. The third kappa shape index (κ3) is 3.77. The summed E-state index contributed by atoms with van der Waals surface area (Å²) in [4.78, 5) is 14.6. The summed E-state index contributed by atoms with van der Waals surface area (Å²) in [5.41, 5.74) is 1.45. The van der Waals surface area contributed by atoms with Crippen LogP contribution in [-0.2, 0) is 10.3 Å². The molecule has 0 radical (unpaired) electrons. The molecule has 1 fully saturated rings. The number of urea groups is 1. The first-order valence-electron chi connectivity index (χ1n) is 8.52. The minimum atomic E-state index is -0.641. The molecule has 0 aromatic carbocycles. The quantitative estimate of drug-likeness (QED) is 0.859. The number of ether oxygens (including phenoxy) is 1. The van der Waals surface area contributed by atoms with Crippen molar-refractivity contribution in [2.45, 2.75) is 32.2 Å². The molecule has 0 bridgehead atoms. The van der Waals surface area contributed by atoms with E-state index in [0.717, 1.165) is 11.4 Å². The molecule has 3 heterocycles. The van der Waals surface area contributed by atoms with Crippen molar-refractivity contribution in [3.63, 3.8) is 0 Å². The van der Waals surface area contributed by atoms with Crippen molar-refractivity contribution in [1.82, 2.24) is 20.7 Å². The number of nitrogens with one attached hydrogen (secondary N) is 2. The molecule has 3 rings (SSSR count). The Kier molecular flexibility index (Phi) is 5.08. The van der Waals surface area contributed by atoms with E-state index < -0.39 is 5.54 Å². The van der Waals surface area contributed by atoms with Crippen LogP contribution in [0.25, 0.3) is 0 Å². The summed E-state index contributed by atoms with van der Waals surface area (Å²) >= 11 is 0. The number of hydrogen-bond acceptors (Lipinski definition) is 7. The lowest BCUT2D eigenvalue weighted by molar-refractivity contribution is 0.0307. The highest BCUT2D eigenvalue weighted by Crippen LogP contribution is 2.33. The number of aryl methyl sites for hydroxylation is 2. The van der Waals surface area contributed by atoms with Crippen LogP contribution in [0.4, 0.5) is 16.3 Å². The topological polar surface area (TPSA) is 105 Å². The van der Waals surface area contributed by atoms with E-state index in [9.17, 15) is 4.79 Å². The molecule has 26 heavy (non-hydrogen) atoms. The van der Waals surface area contributed by atoms with Gasteiger partial charge in [0.25, 0.3) is 0 Å². The molecule has 9 heteroatoms. The van der Waals surface area contributed by atoms with Gasteiger partial charge in [0.15, 0.2) is 11.6 Å². The molecule has 140 valence electrons. The third-order valence-corrected chi connectivity index (χ3v) is 4.37. The average Bonchev–Trinajstić information content (AvgIpc) is 3.02. The zero-order chi connectivity index (χ0) is 18.7. The summed E-state index contributed by atoms with van der Waals surface area (Å²) in [7, 11) is 3.69. The number of carbonyl (C=O) groups excluding carboxylic acids is 1. The first kappa shape index (κ1) is 18.1. The second-order valence-electron chi connectivity index (χ2n) is 6.72. The molecular weight excluding hydrogens is 336 g/mol. The average molecular weight is 360 g/mol. The van der Waals surface area contributed by atoms with Gasteiger partial charge in [0, 0.05) is 46.2 Å². The predicted molar refractivity (Wildman–Crippen MR) is 96.2 cm³/mol. The minimum absolute atomic E-state index is 0.337. The maximum atomic E-state index is 12.8. The third-order valence-electron chi connectivity index (χ3n) is 4.37. The van der Waals surface area contributed by atoms with Gasteiger partial charge in [-0.2, -0.15) is 5.10 Å². The summed E-state index contributed by atoms with van der Waals surface area (Å²) in [6, 6.07) is 3.31. The van der Waals surface area contributed by atoms with Crippen LogP contribution >= 0.6 is 0 Å². The largest absolute Gasteiger partial charge is 0.381 e. The van der Waals surface area contributed by atoms with Crippen molar-refractivity contribution in [2.75, 3.05) is 37.5 Å². The van der Waals surface area contributed by atoms with Gasteiger partial charge in [0.1, 0.15) is 5.54 Å². The lowest BCUT2D eigenvalue weighted by atomic mass is 9.87. The molecule has 1 aliphatic rings. The zero-order valence-corrected chi connectivity index (χ0v) is 15.5. The number of carbonyl (C=O) groups is 1. The molecule has 2 aromatic heterocycles. The van der Waals surface area contributed by atoms with E-state index in [0.29, 0.717) is 43.3 Å². The number of nitrogens with zero attached hydrogens (tertiary/aromatic N) is 4. The molecule has 1 saturated heterocycles. The van der Waals surface area contributed by atoms with Crippen LogP contribution in [0.15, 0.2) is 16.7 Å². The minimum Gasteiger partial charge on any atom is -0.381 e. The van der Waals surface area contributed by atoms with E-state index in [-0.39, 0.29) is 6.03 Å². The van der Waals surface area contributed by atoms with E-state index in [1.807, 2.05) is 34.0 Å². The Morgan fingerprint density at radius 1 is 1.15 bits per heavy atom. The summed E-state index contributed by atoms with van der Waals surface area (Å²) in [5, 5.41) is 18.1. The van der Waals surface area contributed by atoms with E-state index >= 15 is 0 Å². The van der Waals surface area contributed by atoms with E-state index in [4.69, 9.17) is 9.26 Å². The first-order chi connectivity index (χ1) is 12.4. The monoisotopic (exact) mass is 360 g/mol. The van der Waals surface area contributed by atoms with Gasteiger partial charge in [-0.25, -0.2) is 4.79 Å². The molecule has 2 amide bonds. The second-order valence-corrected chi connectivity index (χ2v) is 6.72. The van der Waals surface area contributed by atoms with Crippen LogP contribution in [0.2, 0.25) is 0 Å². The Labute approximate surface area is 152 Å². The standard InChI is InChI=1S/C17H24N6O3/c1-11-9-13(15(21-20-11)23(3)4)18-16(24)19-17(5-7-25-8-6-17)14-10-12(2)22-26-14/h9-10H,5-8H2,1-4H3,(H2,18,19,20,24). The highest BCUT2D eigenvalue weighted by atomic mass is 16.5. The maximum Gasteiger partial charge on any atom is 0.320 e. The molecule has 2 aromatic rings. The molecule has 0 spiro atoms. The Hall–Kier alpha value is -2.68. The van der Waals surface area contributed by atoms with E-state index in [2.05, 4.69) is 26.0 Å². The molecule has 9 nitrogen and oxygen atoms in total.